The summed E-state index contributed by atoms with van der Waals surface area (Å²) < 4.78 is 29.5. The number of sulfone groups is 1. The van der Waals surface area contributed by atoms with E-state index in [2.05, 4.69) is 12.2 Å². The lowest BCUT2D eigenvalue weighted by Crippen LogP contribution is -2.24. The highest BCUT2D eigenvalue weighted by Crippen LogP contribution is 2.11. The van der Waals surface area contributed by atoms with Gasteiger partial charge in [0.2, 0.25) is 0 Å². The normalized spacial score (nSPS) is 11.2. The van der Waals surface area contributed by atoms with Crippen molar-refractivity contribution in [2.75, 3.05) is 32.1 Å². The molecule has 0 radical (unpaired) electrons. The van der Waals surface area contributed by atoms with Crippen LogP contribution in [0.1, 0.15) is 25.3 Å². The van der Waals surface area contributed by atoms with E-state index in [1.165, 1.54) is 24.3 Å². The average molecular weight is 310 g/mol. The van der Waals surface area contributed by atoms with Crippen molar-refractivity contribution in [2.45, 2.75) is 24.7 Å². The molecule has 6 heteroatoms. The fourth-order valence-corrected chi connectivity index (χ4v) is 2.93. The molecule has 0 saturated carbocycles. The molecule has 0 aliphatic heterocycles. The molecule has 0 bridgehead atoms. The zero-order valence-electron chi connectivity index (χ0n) is 12.3. The Bertz CT molecular complexity index is 547. The minimum absolute atomic E-state index is 0.0503. The highest BCUT2D eigenvalue weighted by atomic mass is 32.2. The first-order valence-corrected chi connectivity index (χ1v) is 8.76. The molecule has 1 aromatic rings. The quantitative estimate of drug-likeness (QED) is 0.666. The summed E-state index contributed by atoms with van der Waals surface area (Å²) in [4.78, 5) is 0.259. The van der Waals surface area contributed by atoms with Crippen LogP contribution in [0.25, 0.3) is 0 Å². The summed E-state index contributed by atoms with van der Waals surface area (Å²) in [7, 11) is -3.29. The van der Waals surface area contributed by atoms with Crippen LogP contribution in [0.4, 0.5) is 0 Å². The van der Waals surface area contributed by atoms with Crippen LogP contribution in [-0.4, -0.2) is 40.5 Å². The van der Waals surface area contributed by atoms with Gasteiger partial charge in [-0.2, -0.15) is 5.26 Å². The summed E-state index contributed by atoms with van der Waals surface area (Å²) in [5.74, 6) is 0.0503. The first-order chi connectivity index (χ1) is 10.1. The highest BCUT2D eigenvalue weighted by molar-refractivity contribution is 7.91. The van der Waals surface area contributed by atoms with Gasteiger partial charge in [-0.15, -0.1) is 0 Å². The second-order valence-corrected chi connectivity index (χ2v) is 6.78. The van der Waals surface area contributed by atoms with Crippen molar-refractivity contribution in [3.63, 3.8) is 0 Å². The van der Waals surface area contributed by atoms with E-state index < -0.39 is 9.84 Å². The summed E-state index contributed by atoms with van der Waals surface area (Å²) >= 11 is 0. The maximum absolute atomic E-state index is 12.1. The SMILES string of the molecule is CCCOCCCNCCS(=O)(=O)c1ccc(C#N)cc1. The van der Waals surface area contributed by atoms with Crippen LogP contribution in [0.2, 0.25) is 0 Å². The van der Waals surface area contributed by atoms with E-state index in [0.717, 1.165) is 26.0 Å². The van der Waals surface area contributed by atoms with Crippen LogP contribution in [0.3, 0.4) is 0 Å². The van der Waals surface area contributed by atoms with Gasteiger partial charge in [0.25, 0.3) is 0 Å². The molecule has 0 fully saturated rings. The number of ether oxygens (including phenoxy) is 1. The zero-order valence-corrected chi connectivity index (χ0v) is 13.2. The molecule has 0 spiro atoms. The minimum Gasteiger partial charge on any atom is -0.381 e. The van der Waals surface area contributed by atoms with Gasteiger partial charge in [-0.05, 0) is 43.7 Å². The zero-order chi connectivity index (χ0) is 15.6. The van der Waals surface area contributed by atoms with Gasteiger partial charge in [-0.3, -0.25) is 0 Å². The smallest absolute Gasteiger partial charge is 0.179 e. The van der Waals surface area contributed by atoms with E-state index in [4.69, 9.17) is 10.00 Å². The second-order valence-electron chi connectivity index (χ2n) is 4.67. The molecule has 0 aromatic heterocycles. The highest BCUT2D eigenvalue weighted by Gasteiger charge is 2.13. The van der Waals surface area contributed by atoms with E-state index in [1.807, 2.05) is 6.07 Å². The maximum atomic E-state index is 12.1. The Morgan fingerprint density at radius 2 is 1.90 bits per heavy atom. The molecular weight excluding hydrogens is 288 g/mol. The molecule has 0 aliphatic carbocycles. The predicted octanol–water partition coefficient (Wildman–Crippen LogP) is 1.74. The minimum atomic E-state index is -3.29. The van der Waals surface area contributed by atoms with Gasteiger partial charge < -0.3 is 10.1 Å². The van der Waals surface area contributed by atoms with Gasteiger partial charge in [0, 0.05) is 19.8 Å². The Kier molecular flexibility index (Phi) is 7.98. The Morgan fingerprint density at radius 1 is 1.19 bits per heavy atom. The Morgan fingerprint density at radius 3 is 2.52 bits per heavy atom. The third kappa shape index (κ3) is 6.71. The number of nitriles is 1. The molecule has 1 rings (SSSR count). The molecule has 0 atom stereocenters. The maximum Gasteiger partial charge on any atom is 0.179 e. The Balaban J connectivity index is 2.28. The number of nitrogens with one attached hydrogen (secondary N) is 1. The first kappa shape index (κ1) is 17.6. The lowest BCUT2D eigenvalue weighted by Gasteiger charge is -2.07. The van der Waals surface area contributed by atoms with Crippen molar-refractivity contribution in [3.05, 3.63) is 29.8 Å². The summed E-state index contributed by atoms with van der Waals surface area (Å²) in [5, 5.41) is 11.8. The van der Waals surface area contributed by atoms with Gasteiger partial charge in [0.05, 0.1) is 22.3 Å². The molecule has 21 heavy (non-hydrogen) atoms. The van der Waals surface area contributed by atoms with E-state index in [9.17, 15) is 8.42 Å². The fourth-order valence-electron chi connectivity index (χ4n) is 1.73. The third-order valence-electron chi connectivity index (χ3n) is 2.88. The molecule has 5 nitrogen and oxygen atoms in total. The standard InChI is InChI=1S/C15H22N2O3S/c1-2-10-20-11-3-8-17-9-12-21(18,19)15-6-4-14(13-16)5-7-15/h4-7,17H,2-3,8-12H2,1H3. The number of benzene rings is 1. The number of nitrogens with zero attached hydrogens (tertiary/aromatic N) is 1. The van der Waals surface area contributed by atoms with Gasteiger partial charge in [-0.25, -0.2) is 8.42 Å². The van der Waals surface area contributed by atoms with Crippen molar-refractivity contribution in [2.24, 2.45) is 0 Å². The van der Waals surface area contributed by atoms with E-state index >= 15 is 0 Å². The van der Waals surface area contributed by atoms with Crippen LogP contribution in [0.15, 0.2) is 29.2 Å². The number of rotatable bonds is 10. The van der Waals surface area contributed by atoms with Crippen molar-refractivity contribution in [1.29, 1.82) is 5.26 Å². The van der Waals surface area contributed by atoms with Crippen molar-refractivity contribution in [1.82, 2.24) is 5.32 Å². The van der Waals surface area contributed by atoms with Crippen LogP contribution >= 0.6 is 0 Å². The van der Waals surface area contributed by atoms with Crippen molar-refractivity contribution in [3.8, 4) is 6.07 Å². The van der Waals surface area contributed by atoms with Gasteiger partial charge in [0.15, 0.2) is 9.84 Å². The fraction of sp³-hybridized carbons (Fsp3) is 0.533. The van der Waals surface area contributed by atoms with Crippen LogP contribution in [-0.2, 0) is 14.6 Å². The van der Waals surface area contributed by atoms with Crippen LogP contribution in [0, 0.1) is 11.3 Å². The molecule has 0 heterocycles. The molecule has 116 valence electrons. The molecule has 0 amide bonds. The molecule has 0 unspecified atom stereocenters. The van der Waals surface area contributed by atoms with Crippen LogP contribution < -0.4 is 5.32 Å². The van der Waals surface area contributed by atoms with Crippen molar-refractivity contribution >= 4 is 9.84 Å². The summed E-state index contributed by atoms with van der Waals surface area (Å²) in [5.41, 5.74) is 0.458. The van der Waals surface area contributed by atoms with E-state index in [-0.39, 0.29) is 10.6 Å². The second kappa shape index (κ2) is 9.50. The lowest BCUT2D eigenvalue weighted by atomic mass is 10.2. The molecule has 1 N–H and O–H groups in total. The van der Waals surface area contributed by atoms with Gasteiger partial charge >= 0.3 is 0 Å². The molecule has 0 saturated heterocycles. The Hall–Kier alpha value is -1.42. The van der Waals surface area contributed by atoms with E-state index in [1.54, 1.807) is 0 Å². The first-order valence-electron chi connectivity index (χ1n) is 7.11. The monoisotopic (exact) mass is 310 g/mol. The predicted molar refractivity (Wildman–Crippen MR) is 81.8 cm³/mol. The number of hydrogen-bond acceptors (Lipinski definition) is 5. The number of hydrogen-bond donors (Lipinski definition) is 1. The van der Waals surface area contributed by atoms with Gasteiger partial charge in [0.1, 0.15) is 0 Å². The largest absolute Gasteiger partial charge is 0.381 e. The van der Waals surface area contributed by atoms with Gasteiger partial charge in [-0.1, -0.05) is 6.92 Å². The van der Waals surface area contributed by atoms with E-state index in [0.29, 0.717) is 18.7 Å². The van der Waals surface area contributed by atoms with Crippen molar-refractivity contribution < 1.29 is 13.2 Å². The third-order valence-corrected chi connectivity index (χ3v) is 4.61. The molecular formula is C15H22N2O3S. The summed E-state index contributed by atoms with van der Waals surface area (Å²) in [6.07, 6.45) is 1.88. The molecule has 0 aliphatic rings. The lowest BCUT2D eigenvalue weighted by molar-refractivity contribution is 0.132. The molecule has 1 aromatic carbocycles. The van der Waals surface area contributed by atoms with Crippen LogP contribution in [0.5, 0.6) is 0 Å². The Labute approximate surface area is 126 Å². The summed E-state index contributed by atoms with van der Waals surface area (Å²) in [6, 6.07) is 7.96. The topological polar surface area (TPSA) is 79.2 Å². The average Bonchev–Trinajstić information content (AvgIpc) is 2.50. The summed E-state index contributed by atoms with van der Waals surface area (Å²) in [6.45, 7) is 4.69.